The second-order valence-electron chi connectivity index (χ2n) is 3.21. The number of carbonyl (C=O) groups excluding carboxylic acids is 1. The van der Waals surface area contributed by atoms with Crippen LogP contribution in [0.3, 0.4) is 0 Å². The molecule has 3 N–H and O–H groups in total. The maximum Gasteiger partial charge on any atom is 0.328 e. The number of rotatable bonds is 4. The molecule has 1 aliphatic rings. The van der Waals surface area contributed by atoms with E-state index in [1.54, 1.807) is 0 Å². The van der Waals surface area contributed by atoms with Crippen molar-refractivity contribution < 1.29 is 19.8 Å². The zero-order valence-electron chi connectivity index (χ0n) is 7.19. The van der Waals surface area contributed by atoms with E-state index in [1.807, 2.05) is 0 Å². The van der Waals surface area contributed by atoms with Crippen molar-refractivity contribution in [3.63, 3.8) is 0 Å². The van der Waals surface area contributed by atoms with Crippen LogP contribution in [0.2, 0.25) is 0 Å². The van der Waals surface area contributed by atoms with E-state index in [0.29, 0.717) is 0 Å². The van der Waals surface area contributed by atoms with Crippen LogP contribution >= 0.6 is 0 Å². The van der Waals surface area contributed by atoms with E-state index >= 15 is 0 Å². The topological polar surface area (TPSA) is 86.6 Å². The molecule has 0 bridgehead atoms. The summed E-state index contributed by atoms with van der Waals surface area (Å²) in [5.74, 6) is -1.50. The van der Waals surface area contributed by atoms with Crippen molar-refractivity contribution in [2.45, 2.75) is 25.3 Å². The first-order chi connectivity index (χ1) is 6.15. The first kappa shape index (κ1) is 9.98. The minimum atomic E-state index is -1.20. The highest BCUT2D eigenvalue weighted by Gasteiger charge is 2.28. The Bertz CT molecular complexity index is 212. The first-order valence-corrected chi connectivity index (χ1v) is 4.29. The number of hydrogen-bond donors (Lipinski definition) is 3. The molecule has 1 rings (SSSR count). The summed E-state index contributed by atoms with van der Waals surface area (Å²) >= 11 is 0. The van der Waals surface area contributed by atoms with Crippen LogP contribution in [0.25, 0.3) is 0 Å². The third kappa shape index (κ3) is 2.42. The highest BCUT2D eigenvalue weighted by atomic mass is 16.4. The molecule has 0 spiro atoms. The third-order valence-electron chi connectivity index (χ3n) is 2.27. The van der Waals surface area contributed by atoms with Crippen LogP contribution in [-0.4, -0.2) is 34.7 Å². The number of aliphatic hydroxyl groups excluding tert-OH is 1. The molecular weight excluding hydrogens is 174 g/mol. The van der Waals surface area contributed by atoms with Gasteiger partial charge in [-0.25, -0.2) is 4.79 Å². The van der Waals surface area contributed by atoms with Gasteiger partial charge >= 0.3 is 5.97 Å². The van der Waals surface area contributed by atoms with Gasteiger partial charge in [-0.2, -0.15) is 0 Å². The Hall–Kier alpha value is -1.10. The van der Waals surface area contributed by atoms with Crippen LogP contribution < -0.4 is 5.32 Å². The molecule has 0 radical (unpaired) electrons. The number of aliphatic carboxylic acids is 1. The van der Waals surface area contributed by atoms with Crippen molar-refractivity contribution >= 4 is 11.9 Å². The Morgan fingerprint density at radius 3 is 2.38 bits per heavy atom. The van der Waals surface area contributed by atoms with Gasteiger partial charge in [0.25, 0.3) is 0 Å². The summed E-state index contributed by atoms with van der Waals surface area (Å²) in [4.78, 5) is 21.6. The van der Waals surface area contributed by atoms with Gasteiger partial charge in [0.05, 0.1) is 6.61 Å². The predicted molar refractivity (Wildman–Crippen MR) is 44.0 cm³/mol. The Morgan fingerprint density at radius 2 is 2.08 bits per heavy atom. The number of carboxylic acids is 1. The van der Waals surface area contributed by atoms with Crippen molar-refractivity contribution in [2.75, 3.05) is 6.61 Å². The monoisotopic (exact) mass is 187 g/mol. The van der Waals surface area contributed by atoms with Crippen molar-refractivity contribution in [1.29, 1.82) is 0 Å². The lowest BCUT2D eigenvalue weighted by Gasteiger charge is -2.25. The van der Waals surface area contributed by atoms with E-state index in [0.717, 1.165) is 19.3 Å². The van der Waals surface area contributed by atoms with E-state index in [9.17, 15) is 9.59 Å². The highest BCUT2D eigenvalue weighted by molar-refractivity contribution is 5.85. The van der Waals surface area contributed by atoms with Crippen molar-refractivity contribution in [2.24, 2.45) is 5.92 Å². The summed E-state index contributed by atoms with van der Waals surface area (Å²) in [6.07, 6.45) is 2.67. The van der Waals surface area contributed by atoms with Crippen molar-refractivity contribution in [3.8, 4) is 0 Å². The minimum Gasteiger partial charge on any atom is -0.480 e. The molecule has 0 saturated heterocycles. The largest absolute Gasteiger partial charge is 0.480 e. The van der Waals surface area contributed by atoms with E-state index in [1.165, 1.54) is 0 Å². The molecule has 0 aromatic rings. The maximum absolute atomic E-state index is 11.2. The Kier molecular flexibility index (Phi) is 3.25. The standard InChI is InChI=1S/C8H13NO4/c10-4-6(8(12)13)9-7(11)5-2-1-3-5/h5-6,10H,1-4H2,(H,9,11)(H,12,13)/t6-/m1/s1. The van der Waals surface area contributed by atoms with Crippen LogP contribution in [0.15, 0.2) is 0 Å². The maximum atomic E-state index is 11.2. The second kappa shape index (κ2) is 4.23. The summed E-state index contributed by atoms with van der Waals surface area (Å²) in [6.45, 7) is -0.562. The molecular formula is C8H13NO4. The van der Waals surface area contributed by atoms with Crippen molar-refractivity contribution in [1.82, 2.24) is 5.32 Å². The molecule has 1 aliphatic carbocycles. The molecule has 0 unspecified atom stereocenters. The molecule has 1 saturated carbocycles. The zero-order chi connectivity index (χ0) is 9.84. The molecule has 1 fully saturated rings. The van der Waals surface area contributed by atoms with E-state index in [-0.39, 0.29) is 11.8 Å². The molecule has 1 atom stereocenters. The lowest BCUT2D eigenvalue weighted by atomic mass is 9.84. The zero-order valence-corrected chi connectivity index (χ0v) is 7.19. The number of hydrogen-bond acceptors (Lipinski definition) is 3. The van der Waals surface area contributed by atoms with Crippen LogP contribution in [0.5, 0.6) is 0 Å². The highest BCUT2D eigenvalue weighted by Crippen LogP contribution is 2.26. The minimum absolute atomic E-state index is 0.0478. The fraction of sp³-hybridized carbons (Fsp3) is 0.750. The molecule has 0 heterocycles. The van der Waals surface area contributed by atoms with Gasteiger partial charge in [0.1, 0.15) is 6.04 Å². The van der Waals surface area contributed by atoms with Gasteiger partial charge in [0, 0.05) is 5.92 Å². The fourth-order valence-electron chi connectivity index (χ4n) is 1.15. The fourth-order valence-corrected chi connectivity index (χ4v) is 1.15. The lowest BCUT2D eigenvalue weighted by molar-refractivity contribution is -0.144. The average molecular weight is 187 g/mol. The van der Waals surface area contributed by atoms with Crippen LogP contribution in [0.4, 0.5) is 0 Å². The number of aliphatic hydroxyl groups is 1. The van der Waals surface area contributed by atoms with E-state index in [2.05, 4.69) is 5.32 Å². The quantitative estimate of drug-likeness (QED) is 0.545. The van der Waals surface area contributed by atoms with Crippen LogP contribution in [0, 0.1) is 5.92 Å². The van der Waals surface area contributed by atoms with E-state index in [4.69, 9.17) is 10.2 Å². The Balaban J connectivity index is 2.36. The average Bonchev–Trinajstić information content (AvgIpc) is 1.96. The summed E-state index contributed by atoms with van der Waals surface area (Å²) in [6, 6.07) is -1.16. The van der Waals surface area contributed by atoms with Gasteiger partial charge < -0.3 is 15.5 Å². The Labute approximate surface area is 75.7 Å². The van der Waals surface area contributed by atoms with Gasteiger partial charge in [0.15, 0.2) is 0 Å². The smallest absolute Gasteiger partial charge is 0.328 e. The molecule has 13 heavy (non-hydrogen) atoms. The molecule has 1 amide bonds. The normalized spacial score (nSPS) is 18.8. The molecule has 5 heteroatoms. The summed E-state index contributed by atoms with van der Waals surface area (Å²) in [7, 11) is 0. The summed E-state index contributed by atoms with van der Waals surface area (Å²) < 4.78 is 0. The van der Waals surface area contributed by atoms with Crippen molar-refractivity contribution in [3.05, 3.63) is 0 Å². The van der Waals surface area contributed by atoms with Gasteiger partial charge in [-0.15, -0.1) is 0 Å². The summed E-state index contributed by atoms with van der Waals surface area (Å²) in [5, 5.41) is 19.4. The van der Waals surface area contributed by atoms with E-state index < -0.39 is 18.6 Å². The van der Waals surface area contributed by atoms with Gasteiger partial charge in [0.2, 0.25) is 5.91 Å². The first-order valence-electron chi connectivity index (χ1n) is 4.29. The van der Waals surface area contributed by atoms with Gasteiger partial charge in [-0.05, 0) is 12.8 Å². The number of carboxylic acid groups (broad SMARTS) is 1. The molecule has 0 aromatic carbocycles. The number of amides is 1. The molecule has 74 valence electrons. The number of nitrogens with one attached hydrogen (secondary N) is 1. The Morgan fingerprint density at radius 1 is 1.46 bits per heavy atom. The molecule has 0 aromatic heterocycles. The predicted octanol–water partition coefficient (Wildman–Crippen LogP) is -0.652. The van der Waals surface area contributed by atoms with Crippen LogP contribution in [0.1, 0.15) is 19.3 Å². The molecule has 0 aliphatic heterocycles. The molecule has 5 nitrogen and oxygen atoms in total. The number of carbonyl (C=O) groups is 2. The third-order valence-corrected chi connectivity index (χ3v) is 2.27. The van der Waals surface area contributed by atoms with Gasteiger partial charge in [-0.1, -0.05) is 6.42 Å². The van der Waals surface area contributed by atoms with Crippen LogP contribution in [-0.2, 0) is 9.59 Å². The SMILES string of the molecule is O=C(N[C@H](CO)C(=O)O)C1CCC1. The van der Waals surface area contributed by atoms with Gasteiger partial charge in [-0.3, -0.25) is 4.79 Å². The lowest BCUT2D eigenvalue weighted by Crippen LogP contribution is -2.47. The summed E-state index contributed by atoms with van der Waals surface area (Å²) in [5.41, 5.74) is 0. The second-order valence-corrected chi connectivity index (χ2v) is 3.21.